The van der Waals surface area contributed by atoms with Crippen LogP contribution in [0.15, 0.2) is 79.3 Å². The first kappa shape index (κ1) is 16.1. The van der Waals surface area contributed by atoms with Crippen LogP contribution in [0.4, 0.5) is 5.69 Å². The second-order valence-electron chi connectivity index (χ2n) is 6.31. The van der Waals surface area contributed by atoms with Crippen LogP contribution in [-0.2, 0) is 0 Å². The Balaban J connectivity index is 1.84. The summed E-state index contributed by atoms with van der Waals surface area (Å²) in [4.78, 5) is 8.59. The minimum Gasteiger partial charge on any atom is -0.505 e. The Bertz CT molecular complexity index is 1050. The molecule has 2 N–H and O–H groups in total. The number of aromatic nitrogens is 2. The maximum absolute atomic E-state index is 10.9. The number of aryl methyl sites for hydroxylation is 1. The van der Waals surface area contributed by atoms with E-state index in [0.717, 1.165) is 22.2 Å². The summed E-state index contributed by atoms with van der Waals surface area (Å²) in [6.07, 6.45) is 5.25. The maximum atomic E-state index is 10.9. The van der Waals surface area contributed by atoms with E-state index in [1.165, 1.54) is 5.56 Å². The number of hydrogen-bond donors (Lipinski definition) is 2. The lowest BCUT2D eigenvalue weighted by Crippen LogP contribution is -2.13. The number of pyridine rings is 2. The third kappa shape index (κ3) is 3.09. The molecule has 4 heteroatoms. The molecule has 0 saturated heterocycles. The normalized spacial score (nSPS) is 12.0. The number of rotatable bonds is 4. The minimum atomic E-state index is -0.239. The van der Waals surface area contributed by atoms with Crippen LogP contribution in [0.5, 0.6) is 5.75 Å². The van der Waals surface area contributed by atoms with E-state index in [1.807, 2.05) is 54.7 Å². The molecule has 0 saturated carbocycles. The van der Waals surface area contributed by atoms with Gasteiger partial charge in [0.2, 0.25) is 0 Å². The third-order valence-corrected chi connectivity index (χ3v) is 4.44. The zero-order valence-electron chi connectivity index (χ0n) is 14.4. The van der Waals surface area contributed by atoms with Gasteiger partial charge < -0.3 is 10.4 Å². The van der Waals surface area contributed by atoms with Crippen LogP contribution in [-0.4, -0.2) is 15.1 Å². The van der Waals surface area contributed by atoms with Gasteiger partial charge in [-0.1, -0.05) is 36.4 Å². The molecule has 4 nitrogen and oxygen atoms in total. The highest BCUT2D eigenvalue weighted by atomic mass is 16.3. The smallest absolute Gasteiger partial charge is 0.147 e. The Labute approximate surface area is 152 Å². The second-order valence-corrected chi connectivity index (χ2v) is 6.31. The van der Waals surface area contributed by atoms with Gasteiger partial charge in [0.05, 0.1) is 6.04 Å². The zero-order chi connectivity index (χ0) is 17.9. The molecule has 26 heavy (non-hydrogen) atoms. The number of benzene rings is 2. The Morgan fingerprint density at radius 1 is 0.962 bits per heavy atom. The Morgan fingerprint density at radius 3 is 2.65 bits per heavy atom. The number of phenolic OH excluding ortho intramolecular Hbond substituents is 1. The van der Waals surface area contributed by atoms with Gasteiger partial charge in [-0.25, -0.2) is 0 Å². The van der Waals surface area contributed by atoms with Gasteiger partial charge in [0.1, 0.15) is 11.3 Å². The molecule has 0 fully saturated rings. The molecule has 1 atom stereocenters. The minimum absolute atomic E-state index is 0.192. The maximum Gasteiger partial charge on any atom is 0.147 e. The van der Waals surface area contributed by atoms with E-state index in [0.29, 0.717) is 5.52 Å². The molecule has 0 aliphatic carbocycles. The Kier molecular flexibility index (Phi) is 4.23. The quantitative estimate of drug-likeness (QED) is 0.557. The number of phenols is 1. The lowest BCUT2D eigenvalue weighted by molar-refractivity contribution is 0.471. The largest absolute Gasteiger partial charge is 0.505 e. The van der Waals surface area contributed by atoms with Crippen molar-refractivity contribution in [1.29, 1.82) is 0 Å². The summed E-state index contributed by atoms with van der Waals surface area (Å²) < 4.78 is 0. The summed E-state index contributed by atoms with van der Waals surface area (Å²) in [5, 5.41) is 15.3. The summed E-state index contributed by atoms with van der Waals surface area (Å²) in [5.74, 6) is 0.192. The highest BCUT2D eigenvalue weighted by Gasteiger charge is 2.20. The van der Waals surface area contributed by atoms with Crippen LogP contribution in [0.25, 0.3) is 10.9 Å². The van der Waals surface area contributed by atoms with Gasteiger partial charge in [-0.15, -0.1) is 0 Å². The standard InChI is InChI=1S/C22H19N3O/c1-15-5-2-8-18(13-15)25-20(17-7-3-11-23-14-17)19-10-9-16-6-4-12-24-21(16)22(19)26/h2-14,20,25-26H,1H3/t20-/m1/s1. The number of nitrogens with zero attached hydrogens (tertiary/aromatic N) is 2. The van der Waals surface area contributed by atoms with E-state index in [-0.39, 0.29) is 11.8 Å². The molecule has 0 amide bonds. The Morgan fingerprint density at radius 2 is 1.85 bits per heavy atom. The molecule has 2 aromatic carbocycles. The van der Waals surface area contributed by atoms with Crippen molar-refractivity contribution < 1.29 is 5.11 Å². The summed E-state index contributed by atoms with van der Waals surface area (Å²) in [6, 6.07) is 19.6. The van der Waals surface area contributed by atoms with E-state index in [4.69, 9.17) is 0 Å². The summed E-state index contributed by atoms with van der Waals surface area (Å²) in [7, 11) is 0. The van der Waals surface area contributed by atoms with Gasteiger partial charge in [0, 0.05) is 35.2 Å². The molecule has 4 aromatic rings. The van der Waals surface area contributed by atoms with Gasteiger partial charge in [-0.3, -0.25) is 9.97 Å². The van der Waals surface area contributed by atoms with E-state index in [1.54, 1.807) is 12.4 Å². The second kappa shape index (κ2) is 6.84. The Hall–Kier alpha value is -3.40. The van der Waals surface area contributed by atoms with Crippen LogP contribution in [0.2, 0.25) is 0 Å². The summed E-state index contributed by atoms with van der Waals surface area (Å²) >= 11 is 0. The fraction of sp³-hybridized carbons (Fsp3) is 0.0909. The van der Waals surface area contributed by atoms with Gasteiger partial charge in [-0.2, -0.15) is 0 Å². The first-order valence-electron chi connectivity index (χ1n) is 8.52. The number of hydrogen-bond acceptors (Lipinski definition) is 4. The number of anilines is 1. The fourth-order valence-corrected chi connectivity index (χ4v) is 3.17. The first-order chi connectivity index (χ1) is 12.7. The van der Waals surface area contributed by atoms with Gasteiger partial charge in [0.15, 0.2) is 0 Å². The SMILES string of the molecule is Cc1cccc(N[C@H](c2cccnc2)c2ccc3cccnc3c2O)c1. The van der Waals surface area contributed by atoms with Crippen LogP contribution in [0, 0.1) is 6.92 Å². The summed E-state index contributed by atoms with van der Waals surface area (Å²) in [6.45, 7) is 2.06. The molecule has 4 rings (SSSR count). The highest BCUT2D eigenvalue weighted by molar-refractivity contribution is 5.86. The van der Waals surface area contributed by atoms with Crippen molar-refractivity contribution in [2.75, 3.05) is 5.32 Å². The molecule has 0 radical (unpaired) electrons. The van der Waals surface area contributed by atoms with Gasteiger partial charge in [0.25, 0.3) is 0 Å². The van der Waals surface area contributed by atoms with Crippen LogP contribution < -0.4 is 5.32 Å². The lowest BCUT2D eigenvalue weighted by Gasteiger charge is -2.22. The molecule has 2 heterocycles. The average Bonchev–Trinajstić information content (AvgIpc) is 2.68. The van der Waals surface area contributed by atoms with Crippen molar-refractivity contribution in [2.45, 2.75) is 13.0 Å². The van der Waals surface area contributed by atoms with Crippen LogP contribution in [0.3, 0.4) is 0 Å². The first-order valence-corrected chi connectivity index (χ1v) is 8.52. The van der Waals surface area contributed by atoms with Crippen LogP contribution in [0.1, 0.15) is 22.7 Å². The summed E-state index contributed by atoms with van der Waals surface area (Å²) in [5.41, 5.74) is 4.50. The van der Waals surface area contributed by atoms with Crippen molar-refractivity contribution >= 4 is 16.6 Å². The molecular formula is C22H19N3O. The number of nitrogens with one attached hydrogen (secondary N) is 1. The van der Waals surface area contributed by atoms with E-state index in [9.17, 15) is 5.11 Å². The topological polar surface area (TPSA) is 58.0 Å². The highest BCUT2D eigenvalue weighted by Crippen LogP contribution is 2.36. The zero-order valence-corrected chi connectivity index (χ0v) is 14.4. The predicted octanol–water partition coefficient (Wildman–Crippen LogP) is 4.85. The monoisotopic (exact) mass is 341 g/mol. The van der Waals surface area contributed by atoms with Crippen molar-refractivity contribution in [1.82, 2.24) is 9.97 Å². The van der Waals surface area contributed by atoms with Crippen molar-refractivity contribution in [3.05, 3.63) is 95.9 Å². The average molecular weight is 341 g/mol. The number of fused-ring (bicyclic) bond motifs is 1. The molecule has 0 unspecified atom stereocenters. The van der Waals surface area contributed by atoms with E-state index < -0.39 is 0 Å². The predicted molar refractivity (Wildman–Crippen MR) is 104 cm³/mol. The molecule has 0 bridgehead atoms. The third-order valence-electron chi connectivity index (χ3n) is 4.44. The fourth-order valence-electron chi connectivity index (χ4n) is 3.17. The molecule has 0 aliphatic heterocycles. The molecule has 0 aliphatic rings. The molecule has 2 aromatic heterocycles. The van der Waals surface area contributed by atoms with Crippen molar-refractivity contribution in [2.24, 2.45) is 0 Å². The van der Waals surface area contributed by atoms with Gasteiger partial charge in [-0.05, 0) is 42.3 Å². The van der Waals surface area contributed by atoms with Crippen molar-refractivity contribution in [3.8, 4) is 5.75 Å². The lowest BCUT2D eigenvalue weighted by atomic mass is 9.97. The van der Waals surface area contributed by atoms with E-state index >= 15 is 0 Å². The van der Waals surface area contributed by atoms with Crippen molar-refractivity contribution in [3.63, 3.8) is 0 Å². The van der Waals surface area contributed by atoms with Crippen LogP contribution >= 0.6 is 0 Å². The molecular weight excluding hydrogens is 322 g/mol. The molecule has 128 valence electrons. The molecule has 0 spiro atoms. The number of aromatic hydroxyl groups is 1. The van der Waals surface area contributed by atoms with E-state index in [2.05, 4.69) is 34.3 Å². The van der Waals surface area contributed by atoms with Gasteiger partial charge >= 0.3 is 0 Å².